The van der Waals surface area contributed by atoms with E-state index in [1.54, 1.807) is 0 Å². The number of thiophene rings is 1. The van der Waals surface area contributed by atoms with Gasteiger partial charge in [-0.3, -0.25) is 4.79 Å². The fourth-order valence-corrected chi connectivity index (χ4v) is 3.46. The van der Waals surface area contributed by atoms with Gasteiger partial charge in [-0.1, -0.05) is 31.2 Å². The van der Waals surface area contributed by atoms with Gasteiger partial charge < -0.3 is 9.88 Å². The van der Waals surface area contributed by atoms with E-state index in [2.05, 4.69) is 42.4 Å². The first kappa shape index (κ1) is 20.5. The molecule has 0 aromatic carbocycles. The van der Waals surface area contributed by atoms with Crippen LogP contribution in [-0.2, 0) is 6.54 Å². The maximum atomic E-state index is 12.3. The number of hydrogen-bond donors (Lipinski definition) is 1. The maximum Gasteiger partial charge on any atom is 0.268 e. The highest BCUT2D eigenvalue weighted by atomic mass is 32.1. The number of aromatic amines is 1. The Morgan fingerprint density at radius 3 is 2.68 bits per heavy atom. The first-order chi connectivity index (χ1) is 12.0. The summed E-state index contributed by atoms with van der Waals surface area (Å²) in [5, 5.41) is 0. The highest BCUT2D eigenvalue weighted by molar-refractivity contribution is 7.20. The Hall–Kier alpha value is -2.58. The second-order valence-electron chi connectivity index (χ2n) is 5.66. The van der Waals surface area contributed by atoms with Crippen LogP contribution in [0.3, 0.4) is 0 Å². The van der Waals surface area contributed by atoms with Crippen LogP contribution in [-0.4, -0.2) is 21.9 Å². The summed E-state index contributed by atoms with van der Waals surface area (Å²) in [6.07, 6.45) is 14.9. The van der Waals surface area contributed by atoms with Crippen LogP contribution in [0.15, 0.2) is 41.4 Å². The lowest BCUT2D eigenvalue weighted by atomic mass is 10.1. The third-order valence-electron chi connectivity index (χ3n) is 3.43. The van der Waals surface area contributed by atoms with Crippen LogP contribution in [0.5, 0.6) is 0 Å². The predicted octanol–water partition coefficient (Wildman–Crippen LogP) is 4.57. The lowest BCUT2D eigenvalue weighted by molar-refractivity contribution is 0.435. The lowest BCUT2D eigenvalue weighted by Gasteiger charge is -2.12. The van der Waals surface area contributed by atoms with Crippen molar-refractivity contribution in [2.24, 2.45) is 0 Å². The molecule has 0 bridgehead atoms. The van der Waals surface area contributed by atoms with E-state index in [0.29, 0.717) is 17.1 Å². The van der Waals surface area contributed by atoms with Crippen LogP contribution in [0, 0.1) is 12.8 Å². The largest absolute Gasteiger partial charge is 0.373 e. The van der Waals surface area contributed by atoms with E-state index < -0.39 is 0 Å². The minimum Gasteiger partial charge on any atom is -0.373 e. The van der Waals surface area contributed by atoms with Crippen LogP contribution in [0.25, 0.3) is 15.8 Å². The van der Waals surface area contributed by atoms with Crippen molar-refractivity contribution >= 4 is 27.1 Å². The van der Waals surface area contributed by atoms with Crippen molar-refractivity contribution in [3.63, 3.8) is 0 Å². The van der Waals surface area contributed by atoms with Crippen molar-refractivity contribution in [1.29, 1.82) is 0 Å². The molecule has 0 saturated heterocycles. The number of fused-ring (bicyclic) bond motifs is 1. The average Bonchev–Trinajstić information content (AvgIpc) is 2.99. The number of aromatic nitrogens is 2. The molecule has 2 rings (SSSR count). The molecule has 5 heteroatoms. The molecule has 1 N–H and O–H groups in total. The molecule has 0 atom stereocenters. The Balaban J connectivity index is 0.00000151. The molecular formula is C20H25N3OS. The van der Waals surface area contributed by atoms with Gasteiger partial charge in [-0.2, -0.15) is 0 Å². The van der Waals surface area contributed by atoms with Gasteiger partial charge in [0.05, 0.1) is 12.1 Å². The van der Waals surface area contributed by atoms with Crippen LogP contribution in [0.4, 0.5) is 0 Å². The second-order valence-corrected chi connectivity index (χ2v) is 6.72. The van der Waals surface area contributed by atoms with Crippen molar-refractivity contribution in [3.8, 4) is 12.8 Å². The molecule has 0 aliphatic carbocycles. The molecule has 4 nitrogen and oxygen atoms in total. The van der Waals surface area contributed by atoms with Crippen LogP contribution in [0.1, 0.15) is 37.9 Å². The molecule has 0 saturated carbocycles. The Bertz CT molecular complexity index is 864. The van der Waals surface area contributed by atoms with Gasteiger partial charge in [0.25, 0.3) is 5.56 Å². The van der Waals surface area contributed by atoms with Gasteiger partial charge in [0.1, 0.15) is 10.5 Å². The fraction of sp³-hybridized carbons (Fsp3) is 0.300. The van der Waals surface area contributed by atoms with Gasteiger partial charge in [-0.05, 0) is 38.1 Å². The SMILES string of the molecule is C#C.C=CC(=C(C)C)c1cc2nc(CN(C)/C=C\CC)[nH]c(=O)c2s1. The normalized spacial score (nSPS) is 10.3. The summed E-state index contributed by atoms with van der Waals surface area (Å²) >= 11 is 1.46. The minimum absolute atomic E-state index is 0.0775. The van der Waals surface area contributed by atoms with E-state index in [4.69, 9.17) is 0 Å². The second kappa shape index (κ2) is 9.65. The van der Waals surface area contributed by atoms with E-state index in [0.717, 1.165) is 22.4 Å². The van der Waals surface area contributed by atoms with Crippen LogP contribution >= 0.6 is 11.3 Å². The summed E-state index contributed by atoms with van der Waals surface area (Å²) < 4.78 is 0.663. The summed E-state index contributed by atoms with van der Waals surface area (Å²) in [6, 6.07) is 1.98. The zero-order valence-corrected chi connectivity index (χ0v) is 16.1. The third-order valence-corrected chi connectivity index (χ3v) is 4.59. The summed E-state index contributed by atoms with van der Waals surface area (Å²) in [5.41, 5.74) is 2.91. The molecule has 0 spiro atoms. The molecule has 2 aromatic heterocycles. The summed E-state index contributed by atoms with van der Waals surface area (Å²) in [5.74, 6) is 0.674. The van der Waals surface area contributed by atoms with Crippen molar-refractivity contribution in [2.75, 3.05) is 7.05 Å². The standard InChI is InChI=1S/C18H23N3OS.C2H2/c1-6-8-9-21(5)11-16-19-14-10-15(13(7-2)12(3)4)23-17(14)18(22)20-16;1-2/h7-10H,2,6,11H2,1,3-5H3,(H,19,20,22);1-2H/b9-8-;. The van der Waals surface area contributed by atoms with Gasteiger partial charge >= 0.3 is 0 Å². The van der Waals surface area contributed by atoms with E-state index in [9.17, 15) is 4.79 Å². The van der Waals surface area contributed by atoms with Gasteiger partial charge in [-0.25, -0.2) is 4.98 Å². The maximum absolute atomic E-state index is 12.3. The fourth-order valence-electron chi connectivity index (χ4n) is 2.32. The molecule has 0 unspecified atom stereocenters. The lowest BCUT2D eigenvalue weighted by Crippen LogP contribution is -2.17. The van der Waals surface area contributed by atoms with Crippen molar-refractivity contribution in [2.45, 2.75) is 33.7 Å². The highest BCUT2D eigenvalue weighted by Crippen LogP contribution is 2.30. The molecule has 0 radical (unpaired) electrons. The Morgan fingerprint density at radius 2 is 2.12 bits per heavy atom. The Labute approximate surface area is 153 Å². The van der Waals surface area contributed by atoms with Crippen molar-refractivity contribution < 1.29 is 0 Å². The van der Waals surface area contributed by atoms with E-state index >= 15 is 0 Å². The van der Waals surface area contributed by atoms with Gasteiger partial charge in [0.2, 0.25) is 0 Å². The van der Waals surface area contributed by atoms with Crippen molar-refractivity contribution in [1.82, 2.24) is 14.9 Å². The van der Waals surface area contributed by atoms with Gasteiger partial charge in [0, 0.05) is 11.9 Å². The zero-order chi connectivity index (χ0) is 19.0. The quantitative estimate of drug-likeness (QED) is 0.610. The number of rotatable bonds is 6. The number of nitrogens with one attached hydrogen (secondary N) is 1. The molecule has 2 heterocycles. The number of nitrogens with zero attached hydrogens (tertiary/aromatic N) is 2. The first-order valence-corrected chi connectivity index (χ1v) is 8.81. The smallest absolute Gasteiger partial charge is 0.268 e. The number of H-pyrrole nitrogens is 1. The van der Waals surface area contributed by atoms with E-state index in [1.165, 1.54) is 16.9 Å². The van der Waals surface area contributed by atoms with Gasteiger partial charge in [-0.15, -0.1) is 24.2 Å². The molecule has 132 valence electrons. The average molecular weight is 356 g/mol. The summed E-state index contributed by atoms with van der Waals surface area (Å²) in [7, 11) is 1.97. The van der Waals surface area contributed by atoms with E-state index in [1.807, 2.05) is 44.1 Å². The zero-order valence-electron chi connectivity index (χ0n) is 15.3. The van der Waals surface area contributed by atoms with Crippen LogP contribution < -0.4 is 5.56 Å². The molecular weight excluding hydrogens is 330 g/mol. The topological polar surface area (TPSA) is 49.0 Å². The molecule has 0 aliphatic heterocycles. The van der Waals surface area contributed by atoms with Gasteiger partial charge in [0.15, 0.2) is 0 Å². The minimum atomic E-state index is -0.0775. The highest BCUT2D eigenvalue weighted by Gasteiger charge is 2.11. The van der Waals surface area contributed by atoms with E-state index in [-0.39, 0.29) is 5.56 Å². The monoisotopic (exact) mass is 355 g/mol. The first-order valence-electron chi connectivity index (χ1n) is 7.99. The summed E-state index contributed by atoms with van der Waals surface area (Å²) in [6.45, 7) is 10.6. The molecule has 0 amide bonds. The molecule has 25 heavy (non-hydrogen) atoms. The Morgan fingerprint density at radius 1 is 1.44 bits per heavy atom. The molecule has 0 aliphatic rings. The molecule has 0 fully saturated rings. The number of terminal acetylenes is 1. The molecule has 2 aromatic rings. The summed E-state index contributed by atoms with van der Waals surface area (Å²) in [4.78, 5) is 22.9. The van der Waals surface area contributed by atoms with Crippen LogP contribution in [0.2, 0.25) is 0 Å². The predicted molar refractivity (Wildman–Crippen MR) is 109 cm³/mol. The third kappa shape index (κ3) is 5.20. The van der Waals surface area contributed by atoms with Crippen molar-refractivity contribution in [3.05, 3.63) is 57.6 Å². The Kier molecular flexibility index (Phi) is 7.90. The number of allylic oxidation sites excluding steroid dienone is 4. The number of hydrogen-bond acceptors (Lipinski definition) is 4.